The summed E-state index contributed by atoms with van der Waals surface area (Å²) >= 11 is 4.09. The van der Waals surface area contributed by atoms with E-state index in [0.29, 0.717) is 10.5 Å². The van der Waals surface area contributed by atoms with E-state index in [9.17, 15) is 4.79 Å². The second-order valence-corrected chi connectivity index (χ2v) is 6.54. The van der Waals surface area contributed by atoms with Crippen LogP contribution in [0.1, 0.15) is 10.4 Å². The van der Waals surface area contributed by atoms with Gasteiger partial charge in [-0.1, -0.05) is 12.1 Å². The fraction of sp³-hybridized carbons (Fsp3) is 0.125. The molecule has 0 aliphatic carbocycles. The van der Waals surface area contributed by atoms with Gasteiger partial charge in [0.15, 0.2) is 0 Å². The molecular weight excluding hydrogens is 295 g/mol. The third-order valence-electron chi connectivity index (χ3n) is 1.31. The normalized spacial score (nSPS) is 10.0. The van der Waals surface area contributed by atoms with Crippen molar-refractivity contribution in [1.82, 2.24) is 0 Å². The van der Waals surface area contributed by atoms with Gasteiger partial charge in [0.1, 0.15) is 0 Å². The number of halogens is 2. The molecule has 0 saturated carbocycles. The molecule has 1 aromatic carbocycles. The monoisotopic (exact) mass is 302 g/mol. The van der Waals surface area contributed by atoms with Gasteiger partial charge < -0.3 is 4.74 Å². The first-order chi connectivity index (χ1) is 7.25. The van der Waals surface area contributed by atoms with E-state index < -0.39 is 8.26 Å². The highest BCUT2D eigenvalue weighted by atomic mass is 36.0. The summed E-state index contributed by atoms with van der Waals surface area (Å²) in [4.78, 5) is 11.6. The fourth-order valence-electron chi connectivity index (χ4n) is 0.756. The van der Waals surface area contributed by atoms with E-state index in [1.165, 1.54) is 7.11 Å². The zero-order chi connectivity index (χ0) is 12.8. The summed E-state index contributed by atoms with van der Waals surface area (Å²) in [5.41, 5.74) is 0.498. The minimum atomic E-state index is -3.72. The summed E-state index contributed by atoms with van der Waals surface area (Å²) in [6, 6.07) is 7.00. The van der Waals surface area contributed by atoms with E-state index in [1.54, 1.807) is 18.2 Å². The van der Waals surface area contributed by atoms with Gasteiger partial charge in [0.05, 0.1) is 12.7 Å². The van der Waals surface area contributed by atoms with Crippen molar-refractivity contribution in [3.05, 3.63) is 29.8 Å². The van der Waals surface area contributed by atoms with E-state index in [1.807, 2.05) is 6.07 Å². The number of esters is 1. The molecule has 0 bridgehead atoms. The molecule has 0 heterocycles. The number of thiol groups is 1. The third kappa shape index (κ3) is 7.81. The molecular formula is C8H8Cl2O4S2. The Labute approximate surface area is 108 Å². The van der Waals surface area contributed by atoms with E-state index in [2.05, 4.69) is 38.7 Å². The van der Waals surface area contributed by atoms with E-state index >= 15 is 0 Å². The lowest BCUT2D eigenvalue weighted by molar-refractivity contribution is 0.0597. The summed E-state index contributed by atoms with van der Waals surface area (Å²) < 4.78 is 22.9. The van der Waals surface area contributed by atoms with Gasteiger partial charge in [0.2, 0.25) is 0 Å². The van der Waals surface area contributed by atoms with Gasteiger partial charge in [-0.2, -0.15) is 8.42 Å². The Bertz CT molecular complexity index is 451. The Kier molecular flexibility index (Phi) is 6.82. The van der Waals surface area contributed by atoms with Crippen molar-refractivity contribution in [2.75, 3.05) is 7.11 Å². The predicted molar refractivity (Wildman–Crippen MR) is 65.7 cm³/mol. The van der Waals surface area contributed by atoms with Crippen LogP contribution in [0.2, 0.25) is 0 Å². The lowest BCUT2D eigenvalue weighted by atomic mass is 10.2. The zero-order valence-electron chi connectivity index (χ0n) is 8.05. The standard InChI is InChI=1S/C8H8O2S.Cl2O2S/c1-10-8(9)6-4-2-3-5-7(6)11;1-5(2,3)4/h2-5,11H,1H3;. The van der Waals surface area contributed by atoms with Crippen LogP contribution in [-0.2, 0) is 13.0 Å². The maximum Gasteiger partial charge on any atom is 0.338 e. The van der Waals surface area contributed by atoms with Crippen LogP contribution in [-0.4, -0.2) is 21.5 Å². The number of rotatable bonds is 1. The summed E-state index contributed by atoms with van der Waals surface area (Å²) in [5.74, 6) is -0.351. The number of benzene rings is 1. The number of hydrogen-bond donors (Lipinski definition) is 1. The van der Waals surface area contributed by atoms with E-state index in [-0.39, 0.29) is 5.97 Å². The predicted octanol–water partition coefficient (Wildman–Crippen LogP) is 2.47. The molecule has 0 radical (unpaired) electrons. The largest absolute Gasteiger partial charge is 0.465 e. The number of methoxy groups -OCH3 is 1. The molecule has 1 rings (SSSR count). The van der Waals surface area contributed by atoms with Gasteiger partial charge in [0.25, 0.3) is 0 Å². The molecule has 0 aliphatic heterocycles. The number of hydrogen-bond acceptors (Lipinski definition) is 5. The van der Waals surface area contributed by atoms with Crippen LogP contribution in [0, 0.1) is 0 Å². The molecule has 0 fully saturated rings. The topological polar surface area (TPSA) is 60.4 Å². The molecule has 16 heavy (non-hydrogen) atoms. The second kappa shape index (κ2) is 7.01. The van der Waals surface area contributed by atoms with Crippen LogP contribution >= 0.6 is 34.0 Å². The molecule has 0 spiro atoms. The molecule has 0 unspecified atom stereocenters. The highest BCUT2D eigenvalue weighted by Crippen LogP contribution is 2.13. The van der Waals surface area contributed by atoms with Gasteiger partial charge in [-0.25, -0.2) is 4.79 Å². The molecule has 8 heteroatoms. The molecule has 0 atom stereocenters. The van der Waals surface area contributed by atoms with Gasteiger partial charge in [-0.15, -0.1) is 12.6 Å². The van der Waals surface area contributed by atoms with Crippen molar-refractivity contribution in [1.29, 1.82) is 0 Å². The molecule has 0 saturated heterocycles. The quantitative estimate of drug-likeness (QED) is 0.492. The highest BCUT2D eigenvalue weighted by Gasteiger charge is 2.06. The van der Waals surface area contributed by atoms with Crippen molar-refractivity contribution in [2.45, 2.75) is 4.90 Å². The van der Waals surface area contributed by atoms with Crippen LogP contribution in [0.15, 0.2) is 29.2 Å². The van der Waals surface area contributed by atoms with Crippen molar-refractivity contribution in [3.8, 4) is 0 Å². The summed E-state index contributed by atoms with van der Waals surface area (Å²) in [6.45, 7) is 0. The number of ether oxygens (including phenoxy) is 1. The Hall–Kier alpha value is -0.430. The van der Waals surface area contributed by atoms with Crippen LogP contribution in [0.25, 0.3) is 0 Å². The molecule has 0 amide bonds. The maximum absolute atomic E-state index is 11.0. The van der Waals surface area contributed by atoms with Gasteiger partial charge in [-0.3, -0.25) is 0 Å². The van der Waals surface area contributed by atoms with Gasteiger partial charge in [0, 0.05) is 26.3 Å². The fourth-order valence-corrected chi connectivity index (χ4v) is 1.01. The van der Waals surface area contributed by atoms with E-state index in [4.69, 9.17) is 8.42 Å². The molecule has 4 nitrogen and oxygen atoms in total. The van der Waals surface area contributed by atoms with Crippen molar-refractivity contribution in [2.24, 2.45) is 0 Å². The molecule has 90 valence electrons. The molecule has 0 aliphatic rings. The lowest BCUT2D eigenvalue weighted by Crippen LogP contribution is -2.01. The van der Waals surface area contributed by atoms with Crippen molar-refractivity contribution in [3.63, 3.8) is 0 Å². The smallest absolute Gasteiger partial charge is 0.338 e. The molecule has 0 N–H and O–H groups in total. The molecule has 1 aromatic rings. The first kappa shape index (κ1) is 15.6. The summed E-state index contributed by atoms with van der Waals surface area (Å²) in [6.07, 6.45) is 0. The average molecular weight is 303 g/mol. The van der Waals surface area contributed by atoms with Crippen LogP contribution in [0.3, 0.4) is 0 Å². The van der Waals surface area contributed by atoms with Crippen molar-refractivity contribution < 1.29 is 17.9 Å². The Morgan fingerprint density at radius 2 is 1.75 bits per heavy atom. The molecule has 0 aromatic heterocycles. The van der Waals surface area contributed by atoms with Crippen LogP contribution in [0.4, 0.5) is 0 Å². The third-order valence-corrected chi connectivity index (χ3v) is 1.70. The maximum atomic E-state index is 11.0. The summed E-state index contributed by atoms with van der Waals surface area (Å²) in [7, 11) is 6.16. The zero-order valence-corrected chi connectivity index (χ0v) is 11.3. The lowest BCUT2D eigenvalue weighted by Gasteiger charge is -2.00. The minimum Gasteiger partial charge on any atom is -0.465 e. The van der Waals surface area contributed by atoms with Crippen LogP contribution in [0.5, 0.6) is 0 Å². The van der Waals surface area contributed by atoms with Gasteiger partial charge >= 0.3 is 14.2 Å². The first-order valence-corrected chi connectivity index (χ1v) is 7.34. The van der Waals surface area contributed by atoms with E-state index in [0.717, 1.165) is 0 Å². The Morgan fingerprint density at radius 3 is 2.12 bits per heavy atom. The first-order valence-electron chi connectivity index (χ1n) is 3.76. The highest BCUT2D eigenvalue weighted by molar-refractivity contribution is 8.31. The summed E-state index contributed by atoms with van der Waals surface area (Å²) in [5, 5.41) is 0. The SMILES string of the molecule is COC(=O)c1ccccc1S.O=S(=O)(Cl)Cl. The minimum absolute atomic E-state index is 0.351. The average Bonchev–Trinajstić information content (AvgIpc) is 2.15. The Morgan fingerprint density at radius 1 is 1.31 bits per heavy atom. The number of carbonyl (C=O) groups excluding carboxylic acids is 1. The van der Waals surface area contributed by atoms with Crippen molar-refractivity contribution >= 4 is 48.2 Å². The second-order valence-electron chi connectivity index (χ2n) is 2.39. The number of carbonyl (C=O) groups is 1. The van der Waals surface area contributed by atoms with Gasteiger partial charge in [-0.05, 0) is 12.1 Å². The Balaban J connectivity index is 0.000000385. The van der Waals surface area contributed by atoms with Crippen LogP contribution < -0.4 is 0 Å².